The lowest BCUT2D eigenvalue weighted by Gasteiger charge is -2.20. The van der Waals surface area contributed by atoms with Gasteiger partial charge in [-0.1, -0.05) is 0 Å². The molecule has 0 aromatic heterocycles. The van der Waals surface area contributed by atoms with Gasteiger partial charge in [0.25, 0.3) is 5.91 Å². The first-order valence-corrected chi connectivity index (χ1v) is 8.38. The van der Waals surface area contributed by atoms with Gasteiger partial charge in [0.1, 0.15) is 0 Å². The summed E-state index contributed by atoms with van der Waals surface area (Å²) in [5.74, 6) is 0.428. The molecular formula is C18H25N5O. The second kappa shape index (κ2) is 9.04. The average Bonchev–Trinajstić information content (AvgIpc) is 2.59. The summed E-state index contributed by atoms with van der Waals surface area (Å²) in [6.45, 7) is 5.12. The fourth-order valence-electron chi connectivity index (χ4n) is 2.85. The molecule has 0 atom stereocenters. The first-order chi connectivity index (χ1) is 11.6. The van der Waals surface area contributed by atoms with E-state index in [-0.39, 0.29) is 5.91 Å². The molecule has 1 aromatic rings. The van der Waals surface area contributed by atoms with Crippen molar-refractivity contribution < 1.29 is 4.79 Å². The molecule has 1 fully saturated rings. The molecule has 0 bridgehead atoms. The van der Waals surface area contributed by atoms with Gasteiger partial charge in [-0.2, -0.15) is 5.26 Å². The Morgan fingerprint density at radius 1 is 1.50 bits per heavy atom. The normalized spacial score (nSPS) is 15.3. The van der Waals surface area contributed by atoms with Crippen LogP contribution in [0.15, 0.2) is 17.1 Å². The highest BCUT2D eigenvalue weighted by atomic mass is 16.1. The van der Waals surface area contributed by atoms with Crippen molar-refractivity contribution in [2.75, 3.05) is 31.9 Å². The summed E-state index contributed by atoms with van der Waals surface area (Å²) in [4.78, 5) is 16.8. The number of carbonyl (C=O) groups is 1. The number of piperidine rings is 1. The molecular weight excluding hydrogens is 302 g/mol. The minimum absolute atomic E-state index is 0.184. The number of carbonyl (C=O) groups excluding carboxylic acids is 1. The Kier molecular flexibility index (Phi) is 6.76. The molecule has 128 valence electrons. The van der Waals surface area contributed by atoms with E-state index in [1.54, 1.807) is 18.3 Å². The van der Waals surface area contributed by atoms with Gasteiger partial charge in [0.2, 0.25) is 0 Å². The number of hydrogen-bond donors (Lipinski definition) is 3. The number of rotatable bonds is 6. The van der Waals surface area contributed by atoms with Crippen molar-refractivity contribution in [3.05, 3.63) is 28.8 Å². The number of nitrogen functional groups attached to an aromatic ring is 1. The molecule has 0 unspecified atom stereocenters. The van der Waals surface area contributed by atoms with E-state index in [0.717, 1.165) is 43.6 Å². The second-order valence-electron chi connectivity index (χ2n) is 6.09. The van der Waals surface area contributed by atoms with E-state index >= 15 is 0 Å². The maximum atomic E-state index is 12.2. The third-order valence-electron chi connectivity index (χ3n) is 4.36. The Morgan fingerprint density at radius 3 is 2.96 bits per heavy atom. The molecule has 1 heterocycles. The van der Waals surface area contributed by atoms with Crippen LogP contribution in [0.2, 0.25) is 0 Å². The van der Waals surface area contributed by atoms with Gasteiger partial charge in [-0.25, -0.2) is 0 Å². The van der Waals surface area contributed by atoms with E-state index < -0.39 is 0 Å². The third kappa shape index (κ3) is 4.80. The maximum absolute atomic E-state index is 12.2. The first kappa shape index (κ1) is 18.0. The van der Waals surface area contributed by atoms with Crippen LogP contribution < -0.4 is 16.4 Å². The lowest BCUT2D eigenvalue weighted by Crippen LogP contribution is -2.29. The number of anilines is 1. The molecule has 1 aliphatic rings. The van der Waals surface area contributed by atoms with Crippen LogP contribution >= 0.6 is 0 Å². The zero-order chi connectivity index (χ0) is 17.4. The highest BCUT2D eigenvalue weighted by Crippen LogP contribution is 2.20. The minimum atomic E-state index is -0.184. The third-order valence-corrected chi connectivity index (χ3v) is 4.36. The van der Waals surface area contributed by atoms with E-state index in [1.807, 2.05) is 13.0 Å². The largest absolute Gasteiger partial charge is 0.398 e. The van der Waals surface area contributed by atoms with Crippen molar-refractivity contribution in [2.24, 2.45) is 10.9 Å². The zero-order valence-corrected chi connectivity index (χ0v) is 14.1. The number of amides is 1. The summed E-state index contributed by atoms with van der Waals surface area (Å²) in [5.41, 5.74) is 8.87. The summed E-state index contributed by atoms with van der Waals surface area (Å²) in [5, 5.41) is 14.6. The Bertz CT molecular complexity index is 642. The standard InChI is InChI=1S/C18H25N5O/c1-13-15(18(24)23-8-2-7-19)3-4-17(20)16(13)12-22-11-14-5-9-21-10-6-14/h3-4,12,14,21H,2,5-6,8-11,20H2,1H3,(H,23,24). The zero-order valence-electron chi connectivity index (χ0n) is 14.1. The second-order valence-corrected chi connectivity index (χ2v) is 6.09. The molecule has 6 heteroatoms. The van der Waals surface area contributed by atoms with Gasteiger partial charge >= 0.3 is 0 Å². The van der Waals surface area contributed by atoms with E-state index in [0.29, 0.717) is 30.1 Å². The molecule has 0 radical (unpaired) electrons. The smallest absolute Gasteiger partial charge is 0.251 e. The van der Waals surface area contributed by atoms with Crippen LogP contribution in [0.3, 0.4) is 0 Å². The predicted molar refractivity (Wildman–Crippen MR) is 96.2 cm³/mol. The quantitative estimate of drug-likeness (QED) is 0.420. The molecule has 24 heavy (non-hydrogen) atoms. The maximum Gasteiger partial charge on any atom is 0.251 e. The van der Waals surface area contributed by atoms with Gasteiger partial charge in [0.15, 0.2) is 0 Å². The molecule has 1 amide bonds. The van der Waals surface area contributed by atoms with Crippen molar-refractivity contribution in [1.82, 2.24) is 10.6 Å². The van der Waals surface area contributed by atoms with Gasteiger partial charge in [0, 0.05) is 36.1 Å². The van der Waals surface area contributed by atoms with Gasteiger partial charge in [-0.15, -0.1) is 0 Å². The van der Waals surface area contributed by atoms with Crippen LogP contribution in [0.5, 0.6) is 0 Å². The van der Waals surface area contributed by atoms with E-state index in [1.165, 1.54) is 0 Å². The lowest BCUT2D eigenvalue weighted by molar-refractivity contribution is 0.0954. The topological polar surface area (TPSA) is 103 Å². The van der Waals surface area contributed by atoms with Gasteiger partial charge in [0.05, 0.1) is 12.5 Å². The Labute approximate surface area is 143 Å². The van der Waals surface area contributed by atoms with Crippen molar-refractivity contribution in [1.29, 1.82) is 5.26 Å². The first-order valence-electron chi connectivity index (χ1n) is 8.38. The van der Waals surface area contributed by atoms with E-state index in [9.17, 15) is 4.79 Å². The van der Waals surface area contributed by atoms with Crippen LogP contribution in [0.4, 0.5) is 5.69 Å². The molecule has 1 saturated heterocycles. The number of hydrogen-bond acceptors (Lipinski definition) is 5. The van der Waals surface area contributed by atoms with E-state index in [4.69, 9.17) is 11.0 Å². The van der Waals surface area contributed by atoms with Crippen LogP contribution in [0.25, 0.3) is 0 Å². The molecule has 4 N–H and O–H groups in total. The summed E-state index contributed by atoms with van der Waals surface area (Å²) in [6.07, 6.45) is 4.38. The number of aliphatic imine (C=N–C) groups is 1. The fourth-order valence-corrected chi connectivity index (χ4v) is 2.85. The summed E-state index contributed by atoms with van der Waals surface area (Å²) in [7, 11) is 0. The minimum Gasteiger partial charge on any atom is -0.398 e. The molecule has 0 spiro atoms. The molecule has 1 aromatic carbocycles. The van der Waals surface area contributed by atoms with Gasteiger partial charge < -0.3 is 16.4 Å². The SMILES string of the molecule is Cc1c(C(=O)NCCC#N)ccc(N)c1C=NCC1CCNCC1. The number of benzene rings is 1. The molecule has 6 nitrogen and oxygen atoms in total. The number of nitrogens with zero attached hydrogens (tertiary/aromatic N) is 2. The Balaban J connectivity index is 2.07. The van der Waals surface area contributed by atoms with Gasteiger partial charge in [-0.3, -0.25) is 9.79 Å². The van der Waals surface area contributed by atoms with Crippen molar-refractivity contribution >= 4 is 17.8 Å². The van der Waals surface area contributed by atoms with Crippen LogP contribution in [0.1, 0.15) is 40.7 Å². The summed E-state index contributed by atoms with van der Waals surface area (Å²) < 4.78 is 0. The van der Waals surface area contributed by atoms with E-state index in [2.05, 4.69) is 15.6 Å². The van der Waals surface area contributed by atoms with Crippen LogP contribution in [-0.4, -0.2) is 38.3 Å². The van der Waals surface area contributed by atoms with Gasteiger partial charge in [-0.05, 0) is 56.5 Å². The Hall–Kier alpha value is -2.39. The highest BCUT2D eigenvalue weighted by molar-refractivity contribution is 6.00. The monoisotopic (exact) mass is 327 g/mol. The highest BCUT2D eigenvalue weighted by Gasteiger charge is 2.14. The van der Waals surface area contributed by atoms with Crippen LogP contribution in [0, 0.1) is 24.2 Å². The summed E-state index contributed by atoms with van der Waals surface area (Å²) >= 11 is 0. The molecule has 0 saturated carbocycles. The number of nitriles is 1. The lowest BCUT2D eigenvalue weighted by atomic mass is 9.98. The predicted octanol–water partition coefficient (Wildman–Crippen LogP) is 1.64. The fraction of sp³-hybridized carbons (Fsp3) is 0.500. The van der Waals surface area contributed by atoms with Crippen molar-refractivity contribution in [2.45, 2.75) is 26.2 Å². The molecule has 2 rings (SSSR count). The average molecular weight is 327 g/mol. The van der Waals surface area contributed by atoms with Crippen molar-refractivity contribution in [3.8, 4) is 6.07 Å². The Morgan fingerprint density at radius 2 is 2.25 bits per heavy atom. The molecule has 1 aliphatic heterocycles. The number of nitrogens with one attached hydrogen (secondary N) is 2. The van der Waals surface area contributed by atoms with Crippen LogP contribution in [-0.2, 0) is 0 Å². The number of nitrogens with two attached hydrogens (primary N) is 1. The van der Waals surface area contributed by atoms with Crippen molar-refractivity contribution in [3.63, 3.8) is 0 Å². The molecule has 0 aliphatic carbocycles. The summed E-state index contributed by atoms with van der Waals surface area (Å²) in [6, 6.07) is 5.46.